The molecule has 0 aliphatic carbocycles. The molecule has 0 radical (unpaired) electrons. The number of hydrogen-bond donors (Lipinski definition) is 1. The minimum atomic E-state index is -0.482. The number of fused-ring (bicyclic) bond motifs is 1. The van der Waals surface area contributed by atoms with Crippen molar-refractivity contribution in [1.82, 2.24) is 0 Å². The summed E-state index contributed by atoms with van der Waals surface area (Å²) < 4.78 is 0. The standard InChI is InChI=1S/C18H19ClN2O/c1-4-18(3)20-16-11-13(19)7-10-15(16)17(22)21(18)14-8-5-12(2)6-9-14/h5-11,20H,4H2,1-3H3. The number of carbonyl (C=O) groups excluding carboxylic acids is 1. The maximum Gasteiger partial charge on any atom is 0.262 e. The van der Waals surface area contributed by atoms with Crippen LogP contribution in [0.2, 0.25) is 5.02 Å². The fraction of sp³-hybridized carbons (Fsp3) is 0.278. The van der Waals surface area contributed by atoms with Crippen LogP contribution in [-0.4, -0.2) is 11.6 Å². The lowest BCUT2D eigenvalue weighted by molar-refractivity contribution is 0.0956. The Kier molecular flexibility index (Phi) is 3.61. The molecule has 1 aliphatic rings. The van der Waals surface area contributed by atoms with Crippen molar-refractivity contribution in [2.24, 2.45) is 0 Å². The van der Waals surface area contributed by atoms with Crippen molar-refractivity contribution in [2.75, 3.05) is 10.2 Å². The maximum atomic E-state index is 13.0. The third kappa shape index (κ3) is 2.35. The van der Waals surface area contributed by atoms with Gasteiger partial charge in [0.15, 0.2) is 0 Å². The van der Waals surface area contributed by atoms with Crippen molar-refractivity contribution >= 4 is 28.9 Å². The van der Waals surface area contributed by atoms with Crippen LogP contribution < -0.4 is 10.2 Å². The van der Waals surface area contributed by atoms with Gasteiger partial charge < -0.3 is 5.32 Å². The van der Waals surface area contributed by atoms with Crippen molar-refractivity contribution in [1.29, 1.82) is 0 Å². The fourth-order valence-corrected chi connectivity index (χ4v) is 3.01. The van der Waals surface area contributed by atoms with E-state index in [4.69, 9.17) is 11.6 Å². The smallest absolute Gasteiger partial charge is 0.262 e. The van der Waals surface area contributed by atoms with Gasteiger partial charge in [0.1, 0.15) is 5.66 Å². The first-order chi connectivity index (χ1) is 10.4. The molecular weight excluding hydrogens is 296 g/mol. The zero-order chi connectivity index (χ0) is 15.9. The van der Waals surface area contributed by atoms with Crippen LogP contribution in [-0.2, 0) is 0 Å². The highest BCUT2D eigenvalue weighted by Gasteiger charge is 2.40. The van der Waals surface area contributed by atoms with Gasteiger partial charge in [0.2, 0.25) is 0 Å². The zero-order valence-electron chi connectivity index (χ0n) is 13.0. The van der Waals surface area contributed by atoms with Gasteiger partial charge in [0.05, 0.1) is 11.3 Å². The van der Waals surface area contributed by atoms with E-state index >= 15 is 0 Å². The van der Waals surface area contributed by atoms with E-state index in [1.165, 1.54) is 5.56 Å². The summed E-state index contributed by atoms with van der Waals surface area (Å²) in [6, 6.07) is 13.4. The summed E-state index contributed by atoms with van der Waals surface area (Å²) in [7, 11) is 0. The topological polar surface area (TPSA) is 32.3 Å². The minimum Gasteiger partial charge on any atom is -0.362 e. The number of carbonyl (C=O) groups is 1. The molecular formula is C18H19ClN2O. The molecule has 1 heterocycles. The molecule has 114 valence electrons. The number of rotatable bonds is 2. The van der Waals surface area contributed by atoms with E-state index in [0.29, 0.717) is 10.6 Å². The molecule has 0 fully saturated rings. The van der Waals surface area contributed by atoms with Gasteiger partial charge in [-0.2, -0.15) is 0 Å². The van der Waals surface area contributed by atoms with Crippen LogP contribution in [0.25, 0.3) is 0 Å². The highest BCUT2D eigenvalue weighted by molar-refractivity contribution is 6.31. The van der Waals surface area contributed by atoms with Crippen molar-refractivity contribution in [3.05, 3.63) is 58.6 Å². The van der Waals surface area contributed by atoms with Gasteiger partial charge in [-0.3, -0.25) is 9.69 Å². The number of aryl methyl sites for hydroxylation is 1. The van der Waals surface area contributed by atoms with E-state index in [1.807, 2.05) is 49.1 Å². The van der Waals surface area contributed by atoms with E-state index in [1.54, 1.807) is 12.1 Å². The average molecular weight is 315 g/mol. The van der Waals surface area contributed by atoms with E-state index in [0.717, 1.165) is 17.8 Å². The summed E-state index contributed by atoms with van der Waals surface area (Å²) in [5.41, 5.74) is 3.03. The molecule has 3 nitrogen and oxygen atoms in total. The van der Waals surface area contributed by atoms with Gasteiger partial charge in [-0.05, 0) is 50.6 Å². The molecule has 1 atom stereocenters. The zero-order valence-corrected chi connectivity index (χ0v) is 13.7. The van der Waals surface area contributed by atoms with Gasteiger partial charge in [-0.25, -0.2) is 0 Å². The van der Waals surface area contributed by atoms with Crippen LogP contribution in [0.5, 0.6) is 0 Å². The first kappa shape index (κ1) is 14.9. The van der Waals surface area contributed by atoms with Crippen molar-refractivity contribution in [2.45, 2.75) is 32.9 Å². The molecule has 4 heteroatoms. The predicted molar refractivity (Wildman–Crippen MR) is 91.8 cm³/mol. The highest BCUT2D eigenvalue weighted by atomic mass is 35.5. The van der Waals surface area contributed by atoms with E-state index < -0.39 is 5.66 Å². The fourth-order valence-electron chi connectivity index (χ4n) is 2.84. The second-order valence-corrected chi connectivity index (χ2v) is 6.35. The Morgan fingerprint density at radius 2 is 1.86 bits per heavy atom. The molecule has 1 N–H and O–H groups in total. The molecule has 0 saturated carbocycles. The van der Waals surface area contributed by atoms with E-state index in [2.05, 4.69) is 12.2 Å². The minimum absolute atomic E-state index is 0.00128. The second kappa shape index (κ2) is 5.33. The summed E-state index contributed by atoms with van der Waals surface area (Å²) in [6.07, 6.45) is 0.776. The molecule has 0 spiro atoms. The van der Waals surface area contributed by atoms with Gasteiger partial charge in [-0.1, -0.05) is 36.2 Å². The molecule has 2 aromatic carbocycles. The first-order valence-corrected chi connectivity index (χ1v) is 7.81. The SMILES string of the molecule is CCC1(C)Nc2cc(Cl)ccc2C(=O)N1c1ccc(C)cc1. The third-order valence-corrected chi connectivity index (χ3v) is 4.53. The molecule has 1 amide bonds. The number of benzene rings is 2. The number of nitrogens with one attached hydrogen (secondary N) is 1. The van der Waals surface area contributed by atoms with Gasteiger partial charge >= 0.3 is 0 Å². The van der Waals surface area contributed by atoms with Gasteiger partial charge in [-0.15, -0.1) is 0 Å². The highest BCUT2D eigenvalue weighted by Crippen LogP contribution is 2.37. The summed E-state index contributed by atoms with van der Waals surface area (Å²) >= 11 is 6.07. The number of halogens is 1. The molecule has 2 aromatic rings. The lowest BCUT2D eigenvalue weighted by Crippen LogP contribution is -2.58. The van der Waals surface area contributed by atoms with Crippen molar-refractivity contribution < 1.29 is 4.79 Å². The predicted octanol–water partition coefficient (Wildman–Crippen LogP) is 4.85. The van der Waals surface area contributed by atoms with Crippen molar-refractivity contribution in [3.8, 4) is 0 Å². The lowest BCUT2D eigenvalue weighted by Gasteiger charge is -2.46. The molecule has 0 bridgehead atoms. The number of anilines is 2. The second-order valence-electron chi connectivity index (χ2n) is 5.92. The quantitative estimate of drug-likeness (QED) is 0.859. The summed E-state index contributed by atoms with van der Waals surface area (Å²) in [6.45, 7) is 6.14. The Morgan fingerprint density at radius 1 is 1.18 bits per heavy atom. The molecule has 0 saturated heterocycles. The molecule has 1 aliphatic heterocycles. The monoisotopic (exact) mass is 314 g/mol. The largest absolute Gasteiger partial charge is 0.362 e. The Morgan fingerprint density at radius 3 is 2.50 bits per heavy atom. The van der Waals surface area contributed by atoms with Crippen LogP contribution in [0.3, 0.4) is 0 Å². The maximum absolute atomic E-state index is 13.0. The van der Waals surface area contributed by atoms with E-state index in [-0.39, 0.29) is 5.91 Å². The average Bonchev–Trinajstić information content (AvgIpc) is 2.48. The molecule has 22 heavy (non-hydrogen) atoms. The van der Waals surface area contributed by atoms with Gasteiger partial charge in [0.25, 0.3) is 5.91 Å². The molecule has 0 aromatic heterocycles. The Balaban J connectivity index is 2.14. The Bertz CT molecular complexity index is 726. The number of hydrogen-bond acceptors (Lipinski definition) is 2. The van der Waals surface area contributed by atoms with Crippen LogP contribution in [0.1, 0.15) is 36.2 Å². The van der Waals surface area contributed by atoms with Gasteiger partial charge in [0, 0.05) is 10.7 Å². The number of nitrogens with zero attached hydrogens (tertiary/aromatic N) is 1. The number of amides is 1. The summed E-state index contributed by atoms with van der Waals surface area (Å²) in [4.78, 5) is 14.9. The van der Waals surface area contributed by atoms with E-state index in [9.17, 15) is 4.79 Å². The molecule has 3 rings (SSSR count). The van der Waals surface area contributed by atoms with Crippen LogP contribution >= 0.6 is 11.6 Å². The van der Waals surface area contributed by atoms with Crippen LogP contribution in [0, 0.1) is 6.92 Å². The Labute approximate surface area is 135 Å². The Hall–Kier alpha value is -2.00. The summed E-state index contributed by atoms with van der Waals surface area (Å²) in [5.74, 6) is -0.00128. The third-order valence-electron chi connectivity index (χ3n) is 4.29. The lowest BCUT2D eigenvalue weighted by atomic mass is 9.97. The van der Waals surface area contributed by atoms with Crippen molar-refractivity contribution in [3.63, 3.8) is 0 Å². The molecule has 1 unspecified atom stereocenters. The van der Waals surface area contributed by atoms with Crippen LogP contribution in [0.4, 0.5) is 11.4 Å². The normalized spacial score (nSPS) is 20.5. The van der Waals surface area contributed by atoms with Crippen LogP contribution in [0.15, 0.2) is 42.5 Å². The first-order valence-electron chi connectivity index (χ1n) is 7.43. The summed E-state index contributed by atoms with van der Waals surface area (Å²) in [5, 5.41) is 4.10.